The highest BCUT2D eigenvalue weighted by molar-refractivity contribution is 5.96. The minimum Gasteiger partial charge on any atom is -0.461 e. The average molecular weight is 409 g/mol. The Morgan fingerprint density at radius 1 is 0.806 bits per heavy atom. The maximum atomic E-state index is 13.2. The fraction of sp³-hybridized carbons (Fsp3) is 0.143. The maximum Gasteiger partial charge on any atom is 0.344 e. The van der Waals surface area contributed by atoms with Crippen molar-refractivity contribution >= 4 is 5.97 Å². The molecule has 0 amide bonds. The Morgan fingerprint density at radius 3 is 1.90 bits per heavy atom. The van der Waals surface area contributed by atoms with E-state index in [1.165, 1.54) is 0 Å². The van der Waals surface area contributed by atoms with E-state index >= 15 is 0 Å². The number of esters is 1. The van der Waals surface area contributed by atoms with Crippen LogP contribution in [0.25, 0.3) is 11.1 Å². The van der Waals surface area contributed by atoms with E-state index in [0.717, 1.165) is 28.8 Å². The van der Waals surface area contributed by atoms with E-state index in [9.17, 15) is 4.79 Å². The highest BCUT2D eigenvalue weighted by Gasteiger charge is 2.22. The molecular formula is C28H26NO2+. The number of carbonyl (C=O) groups is 1. The maximum absolute atomic E-state index is 13.2. The Bertz CT molecular complexity index is 1090. The van der Waals surface area contributed by atoms with Gasteiger partial charge >= 0.3 is 5.97 Å². The van der Waals surface area contributed by atoms with E-state index in [0.29, 0.717) is 5.56 Å². The molecule has 3 aromatic carbocycles. The van der Waals surface area contributed by atoms with E-state index in [-0.39, 0.29) is 18.5 Å². The number of aromatic nitrogens is 1. The first-order chi connectivity index (χ1) is 15.3. The molecule has 0 aliphatic carbocycles. The number of nitrogens with zero attached hydrogens (tertiary/aromatic N) is 1. The van der Waals surface area contributed by atoms with E-state index in [1.54, 1.807) is 0 Å². The first-order valence-electron chi connectivity index (χ1n) is 10.6. The lowest BCUT2D eigenvalue weighted by molar-refractivity contribution is -0.693. The van der Waals surface area contributed by atoms with Crippen LogP contribution >= 0.6 is 0 Å². The predicted molar refractivity (Wildman–Crippen MR) is 123 cm³/mol. The molecule has 0 spiro atoms. The molecule has 0 saturated heterocycles. The average Bonchev–Trinajstić information content (AvgIpc) is 2.85. The Labute approximate surface area is 183 Å². The van der Waals surface area contributed by atoms with Gasteiger partial charge in [-0.25, -0.2) is 9.36 Å². The summed E-state index contributed by atoms with van der Waals surface area (Å²) in [6.07, 6.45) is 3.88. The molecule has 0 saturated carbocycles. The summed E-state index contributed by atoms with van der Waals surface area (Å²) >= 11 is 0. The topological polar surface area (TPSA) is 30.2 Å². The van der Waals surface area contributed by atoms with Crippen LogP contribution in [-0.2, 0) is 11.3 Å². The van der Waals surface area contributed by atoms with Crippen molar-refractivity contribution in [1.29, 1.82) is 0 Å². The van der Waals surface area contributed by atoms with Crippen LogP contribution in [0.1, 0.15) is 34.3 Å². The lowest BCUT2D eigenvalue weighted by Crippen LogP contribution is -2.33. The van der Waals surface area contributed by atoms with Crippen LogP contribution < -0.4 is 4.57 Å². The number of rotatable bonds is 7. The van der Waals surface area contributed by atoms with Gasteiger partial charge in [-0.15, -0.1) is 0 Å². The van der Waals surface area contributed by atoms with Gasteiger partial charge < -0.3 is 4.74 Å². The Balaban J connectivity index is 1.63. The lowest BCUT2D eigenvalue weighted by Gasteiger charge is -2.18. The van der Waals surface area contributed by atoms with Crippen LogP contribution in [0, 0.1) is 0 Å². The molecule has 0 aliphatic heterocycles. The van der Waals surface area contributed by atoms with E-state index in [1.807, 2.05) is 89.8 Å². The molecule has 31 heavy (non-hydrogen) atoms. The number of ether oxygens (including phenoxy) is 1. The standard InChI is InChI=1S/C28H26NO2/c1-2-29-19-18-25(22-12-6-3-7-13-22)26(20-29)28(30)31-21-27(23-14-8-4-9-15-23)24-16-10-5-11-17-24/h3-20,27H,2,21H2,1H3/q+1. The van der Waals surface area contributed by atoms with Gasteiger partial charge in [0.1, 0.15) is 18.7 Å². The third-order valence-electron chi connectivity index (χ3n) is 5.47. The Morgan fingerprint density at radius 2 is 1.35 bits per heavy atom. The van der Waals surface area contributed by atoms with Crippen LogP contribution in [0.5, 0.6) is 0 Å². The Kier molecular flexibility index (Phi) is 6.53. The normalized spacial score (nSPS) is 10.8. The minimum absolute atomic E-state index is 0.0199. The zero-order valence-corrected chi connectivity index (χ0v) is 17.6. The molecule has 0 fully saturated rings. The van der Waals surface area contributed by atoms with Gasteiger partial charge in [0.05, 0.1) is 0 Å². The summed E-state index contributed by atoms with van der Waals surface area (Å²) in [5.41, 5.74) is 4.71. The number of carbonyl (C=O) groups excluding carboxylic acids is 1. The van der Waals surface area contributed by atoms with Crippen LogP contribution in [-0.4, -0.2) is 12.6 Å². The van der Waals surface area contributed by atoms with E-state index < -0.39 is 0 Å². The molecule has 0 aliphatic rings. The number of pyridine rings is 1. The number of hydrogen-bond acceptors (Lipinski definition) is 2. The smallest absolute Gasteiger partial charge is 0.344 e. The van der Waals surface area contributed by atoms with Crippen LogP contribution in [0.15, 0.2) is 109 Å². The van der Waals surface area contributed by atoms with Crippen molar-refractivity contribution in [1.82, 2.24) is 0 Å². The molecule has 0 unspecified atom stereocenters. The molecule has 0 radical (unpaired) electrons. The number of benzene rings is 3. The lowest BCUT2D eigenvalue weighted by atomic mass is 9.92. The first-order valence-corrected chi connectivity index (χ1v) is 10.6. The largest absolute Gasteiger partial charge is 0.461 e. The molecule has 4 rings (SSSR count). The molecule has 0 bridgehead atoms. The zero-order chi connectivity index (χ0) is 21.5. The second-order valence-corrected chi connectivity index (χ2v) is 7.44. The summed E-state index contributed by atoms with van der Waals surface area (Å²) in [6, 6.07) is 32.3. The van der Waals surface area contributed by atoms with Crippen LogP contribution in [0.3, 0.4) is 0 Å². The molecule has 3 nitrogen and oxygen atoms in total. The SMILES string of the molecule is CC[n+]1ccc(-c2ccccc2)c(C(=O)OCC(c2ccccc2)c2ccccc2)c1. The van der Waals surface area contributed by atoms with Crippen LogP contribution in [0.2, 0.25) is 0 Å². The highest BCUT2D eigenvalue weighted by Crippen LogP contribution is 2.27. The van der Waals surface area contributed by atoms with Gasteiger partial charge in [-0.3, -0.25) is 0 Å². The fourth-order valence-electron chi connectivity index (χ4n) is 3.76. The summed E-state index contributed by atoms with van der Waals surface area (Å²) in [5, 5.41) is 0. The summed E-state index contributed by atoms with van der Waals surface area (Å²) in [6.45, 7) is 3.12. The summed E-state index contributed by atoms with van der Waals surface area (Å²) in [4.78, 5) is 13.2. The third-order valence-corrected chi connectivity index (χ3v) is 5.47. The predicted octanol–water partition coefficient (Wildman–Crippen LogP) is 5.65. The molecule has 1 heterocycles. The van der Waals surface area contributed by atoms with Crippen molar-refractivity contribution in [3.05, 3.63) is 126 Å². The molecule has 0 N–H and O–H groups in total. The monoisotopic (exact) mass is 408 g/mol. The van der Waals surface area contributed by atoms with Crippen LogP contribution in [0.4, 0.5) is 0 Å². The van der Waals surface area contributed by atoms with Gasteiger partial charge in [0.15, 0.2) is 12.4 Å². The summed E-state index contributed by atoms with van der Waals surface area (Å²) < 4.78 is 7.90. The molecule has 0 atom stereocenters. The van der Waals surface area contributed by atoms with Crippen molar-refractivity contribution in [2.75, 3.05) is 6.61 Å². The van der Waals surface area contributed by atoms with Crippen molar-refractivity contribution in [3.63, 3.8) is 0 Å². The summed E-state index contributed by atoms with van der Waals surface area (Å²) in [7, 11) is 0. The molecule has 3 heteroatoms. The molecular weight excluding hydrogens is 382 g/mol. The van der Waals surface area contributed by atoms with Crippen molar-refractivity contribution < 1.29 is 14.1 Å². The van der Waals surface area contributed by atoms with Crippen molar-refractivity contribution in [2.24, 2.45) is 0 Å². The molecule has 1 aromatic heterocycles. The zero-order valence-electron chi connectivity index (χ0n) is 17.6. The van der Waals surface area contributed by atoms with Gasteiger partial charge in [0.2, 0.25) is 0 Å². The quantitative estimate of drug-likeness (QED) is 0.292. The van der Waals surface area contributed by atoms with E-state index in [4.69, 9.17) is 4.74 Å². The number of aryl methyl sites for hydroxylation is 1. The second-order valence-electron chi connectivity index (χ2n) is 7.44. The first kappa shape index (κ1) is 20.5. The molecule has 4 aromatic rings. The van der Waals surface area contributed by atoms with Gasteiger partial charge in [-0.1, -0.05) is 91.0 Å². The van der Waals surface area contributed by atoms with Gasteiger partial charge in [-0.2, -0.15) is 0 Å². The summed E-state index contributed by atoms with van der Waals surface area (Å²) in [5.74, 6) is -0.327. The van der Waals surface area contributed by atoms with Gasteiger partial charge in [0.25, 0.3) is 0 Å². The Hall–Kier alpha value is -3.72. The van der Waals surface area contributed by atoms with Gasteiger partial charge in [0, 0.05) is 17.5 Å². The highest BCUT2D eigenvalue weighted by atomic mass is 16.5. The number of hydrogen-bond donors (Lipinski definition) is 0. The van der Waals surface area contributed by atoms with Gasteiger partial charge in [-0.05, 0) is 23.6 Å². The minimum atomic E-state index is -0.307. The molecule has 154 valence electrons. The van der Waals surface area contributed by atoms with E-state index in [2.05, 4.69) is 31.2 Å². The van der Waals surface area contributed by atoms with Crippen molar-refractivity contribution in [2.45, 2.75) is 19.4 Å². The third kappa shape index (κ3) is 4.89. The fourth-order valence-corrected chi connectivity index (χ4v) is 3.76. The second kappa shape index (κ2) is 9.86. The van der Waals surface area contributed by atoms with Crippen molar-refractivity contribution in [3.8, 4) is 11.1 Å².